The molecule has 1 aromatic heterocycles. The van der Waals surface area contributed by atoms with Crippen LogP contribution in [0.2, 0.25) is 0 Å². The van der Waals surface area contributed by atoms with Gasteiger partial charge in [0.15, 0.2) is 0 Å². The van der Waals surface area contributed by atoms with Crippen LogP contribution in [0.5, 0.6) is 0 Å². The second-order valence-corrected chi connectivity index (χ2v) is 4.95. The fourth-order valence-electron chi connectivity index (χ4n) is 2.57. The summed E-state index contributed by atoms with van der Waals surface area (Å²) in [6.07, 6.45) is 2.53. The van der Waals surface area contributed by atoms with Gasteiger partial charge < -0.3 is 4.42 Å². The zero-order valence-corrected chi connectivity index (χ0v) is 11.4. The van der Waals surface area contributed by atoms with Gasteiger partial charge >= 0.3 is 0 Å². The minimum absolute atomic E-state index is 0.707. The van der Waals surface area contributed by atoms with Crippen molar-refractivity contribution in [2.45, 2.75) is 6.42 Å². The van der Waals surface area contributed by atoms with Gasteiger partial charge in [-0.15, -0.1) is 6.58 Å². The van der Waals surface area contributed by atoms with E-state index < -0.39 is 0 Å². The SMILES string of the molecule is C=CCC(=C)c1cc2c(=C)c3ccccc3c(=C)c2o1. The number of hydrogen-bond donors (Lipinski definition) is 0. The first kappa shape index (κ1) is 12.5. The van der Waals surface area contributed by atoms with E-state index in [-0.39, 0.29) is 0 Å². The van der Waals surface area contributed by atoms with Crippen molar-refractivity contribution in [3.05, 3.63) is 65.8 Å². The number of fused-ring (bicyclic) bond motifs is 2. The van der Waals surface area contributed by atoms with E-state index >= 15 is 0 Å². The molecular formula is C19H16O. The molecule has 0 saturated carbocycles. The standard InChI is InChI=1S/C19H16O/c1-5-8-12(2)18-11-17-13(3)15-9-6-7-10-16(15)14(4)19(17)20-18/h5-7,9-11H,1-4,8H2. The molecule has 0 unspecified atom stereocenters. The molecule has 0 bridgehead atoms. The average Bonchev–Trinajstić information content (AvgIpc) is 2.91. The van der Waals surface area contributed by atoms with Crippen LogP contribution in [0.3, 0.4) is 0 Å². The first-order valence-electron chi connectivity index (χ1n) is 6.54. The van der Waals surface area contributed by atoms with E-state index in [1.807, 2.05) is 30.3 Å². The molecule has 20 heavy (non-hydrogen) atoms. The van der Waals surface area contributed by atoms with Crippen molar-refractivity contribution in [2.75, 3.05) is 0 Å². The number of hydrogen-bond acceptors (Lipinski definition) is 1. The highest BCUT2D eigenvalue weighted by Crippen LogP contribution is 2.23. The topological polar surface area (TPSA) is 13.1 Å². The smallest absolute Gasteiger partial charge is 0.142 e. The lowest BCUT2D eigenvalue weighted by molar-refractivity contribution is 0.596. The molecule has 0 fully saturated rings. The summed E-state index contributed by atoms with van der Waals surface area (Å²) in [7, 11) is 0. The highest BCUT2D eigenvalue weighted by atomic mass is 16.3. The molecule has 0 amide bonds. The molecule has 0 N–H and O–H groups in total. The predicted molar refractivity (Wildman–Crippen MR) is 87.9 cm³/mol. The molecule has 98 valence electrons. The van der Waals surface area contributed by atoms with Crippen LogP contribution in [0.15, 0.2) is 54.0 Å². The molecular weight excluding hydrogens is 244 g/mol. The van der Waals surface area contributed by atoms with Crippen LogP contribution in [-0.2, 0) is 0 Å². The van der Waals surface area contributed by atoms with E-state index in [2.05, 4.69) is 32.4 Å². The molecule has 1 heterocycles. The number of rotatable bonds is 3. The van der Waals surface area contributed by atoms with E-state index in [0.717, 1.165) is 43.5 Å². The maximum Gasteiger partial charge on any atom is 0.142 e. The fourth-order valence-corrected chi connectivity index (χ4v) is 2.57. The van der Waals surface area contributed by atoms with Crippen LogP contribution in [0.4, 0.5) is 0 Å². The highest BCUT2D eigenvalue weighted by molar-refractivity contribution is 5.98. The van der Waals surface area contributed by atoms with E-state index in [1.165, 1.54) is 0 Å². The van der Waals surface area contributed by atoms with Crippen molar-refractivity contribution in [2.24, 2.45) is 0 Å². The molecule has 3 rings (SSSR count). The van der Waals surface area contributed by atoms with Gasteiger partial charge in [-0.2, -0.15) is 0 Å². The molecule has 2 aromatic carbocycles. The summed E-state index contributed by atoms with van der Waals surface area (Å²) < 4.78 is 5.95. The van der Waals surface area contributed by atoms with Gasteiger partial charge in [-0.25, -0.2) is 0 Å². The van der Waals surface area contributed by atoms with Crippen molar-refractivity contribution < 1.29 is 4.42 Å². The van der Waals surface area contributed by atoms with Crippen LogP contribution in [0, 0.1) is 0 Å². The third kappa shape index (κ3) is 1.71. The molecule has 0 aliphatic heterocycles. The number of benzene rings is 2. The van der Waals surface area contributed by atoms with Crippen LogP contribution < -0.4 is 10.4 Å². The largest absolute Gasteiger partial charge is 0.456 e. The Hall–Kier alpha value is -2.54. The Balaban J connectivity index is 2.42. The van der Waals surface area contributed by atoms with Gasteiger partial charge in [0.1, 0.15) is 11.3 Å². The van der Waals surface area contributed by atoms with Gasteiger partial charge in [0.25, 0.3) is 0 Å². The molecule has 0 spiro atoms. The predicted octanol–water partition coefficient (Wildman–Crippen LogP) is 4.00. The highest BCUT2D eigenvalue weighted by Gasteiger charge is 2.10. The summed E-state index contributed by atoms with van der Waals surface area (Å²) in [5, 5.41) is 5.09. The van der Waals surface area contributed by atoms with Crippen molar-refractivity contribution in [3.8, 4) is 0 Å². The first-order valence-corrected chi connectivity index (χ1v) is 6.54. The first-order chi connectivity index (χ1) is 9.63. The van der Waals surface area contributed by atoms with Gasteiger partial charge in [0.2, 0.25) is 0 Å². The minimum Gasteiger partial charge on any atom is -0.456 e. The Morgan fingerprint density at radius 2 is 1.70 bits per heavy atom. The summed E-state index contributed by atoms with van der Waals surface area (Å²) in [6.45, 7) is 16.1. The van der Waals surface area contributed by atoms with Crippen LogP contribution >= 0.6 is 0 Å². The van der Waals surface area contributed by atoms with Crippen LogP contribution in [0.1, 0.15) is 12.2 Å². The van der Waals surface area contributed by atoms with E-state index in [0.29, 0.717) is 6.42 Å². The summed E-state index contributed by atoms with van der Waals surface area (Å²) in [5.41, 5.74) is 1.72. The quantitative estimate of drug-likeness (QED) is 0.649. The van der Waals surface area contributed by atoms with Crippen LogP contribution in [0.25, 0.3) is 40.5 Å². The summed E-state index contributed by atoms with van der Waals surface area (Å²) in [4.78, 5) is 0. The van der Waals surface area contributed by atoms with E-state index in [9.17, 15) is 0 Å². The van der Waals surface area contributed by atoms with Crippen molar-refractivity contribution in [3.63, 3.8) is 0 Å². The summed E-state index contributed by atoms with van der Waals surface area (Å²) >= 11 is 0. The second-order valence-electron chi connectivity index (χ2n) is 4.95. The maximum absolute atomic E-state index is 5.95. The van der Waals surface area contributed by atoms with Gasteiger partial charge in [-0.3, -0.25) is 0 Å². The lowest BCUT2D eigenvalue weighted by Gasteiger charge is -2.00. The zero-order valence-electron chi connectivity index (χ0n) is 11.4. The van der Waals surface area contributed by atoms with Crippen molar-refractivity contribution >= 4 is 40.5 Å². The molecule has 0 aliphatic rings. The van der Waals surface area contributed by atoms with Crippen LogP contribution in [-0.4, -0.2) is 0 Å². The lowest BCUT2D eigenvalue weighted by Crippen LogP contribution is -2.10. The Morgan fingerprint density at radius 3 is 2.35 bits per heavy atom. The lowest BCUT2D eigenvalue weighted by atomic mass is 10.0. The molecule has 0 saturated heterocycles. The Labute approximate surface area is 117 Å². The average molecular weight is 260 g/mol. The van der Waals surface area contributed by atoms with Crippen molar-refractivity contribution in [1.29, 1.82) is 0 Å². The monoisotopic (exact) mass is 260 g/mol. The van der Waals surface area contributed by atoms with E-state index in [4.69, 9.17) is 4.42 Å². The number of allylic oxidation sites excluding steroid dienone is 2. The third-order valence-corrected chi connectivity index (χ3v) is 3.65. The zero-order chi connectivity index (χ0) is 14.3. The van der Waals surface area contributed by atoms with E-state index in [1.54, 1.807) is 0 Å². The van der Waals surface area contributed by atoms with Gasteiger partial charge in [-0.1, -0.05) is 50.1 Å². The third-order valence-electron chi connectivity index (χ3n) is 3.65. The Kier molecular flexibility index (Phi) is 2.83. The second kappa shape index (κ2) is 4.53. The normalized spacial score (nSPS) is 11.0. The van der Waals surface area contributed by atoms with Gasteiger partial charge in [0.05, 0.1) is 0 Å². The van der Waals surface area contributed by atoms with Gasteiger partial charge in [0, 0.05) is 10.6 Å². The number of furan rings is 1. The summed E-state index contributed by atoms with van der Waals surface area (Å²) in [6, 6.07) is 10.1. The molecule has 1 nitrogen and oxygen atoms in total. The molecule has 1 heteroatoms. The molecule has 0 atom stereocenters. The molecule has 3 aromatic rings. The fraction of sp³-hybridized carbons (Fsp3) is 0.0526. The maximum atomic E-state index is 5.95. The summed E-state index contributed by atoms with van der Waals surface area (Å²) in [5.74, 6) is 0.782. The molecule has 0 radical (unpaired) electrons. The minimum atomic E-state index is 0.707. The Morgan fingerprint density at radius 1 is 1.05 bits per heavy atom. The molecule has 0 aliphatic carbocycles. The van der Waals surface area contributed by atoms with Gasteiger partial charge in [-0.05, 0) is 34.1 Å². The Bertz CT molecular complexity index is 875. The van der Waals surface area contributed by atoms with Crippen molar-refractivity contribution in [1.82, 2.24) is 0 Å².